The average molecular weight is 192 g/mol. The number of nitrogens with two attached hydrogens (primary N) is 1. The van der Waals surface area contributed by atoms with Gasteiger partial charge < -0.3 is 10.5 Å². The number of methoxy groups -OCH3 is 1. The number of nitrogens with zero attached hydrogens (tertiary/aromatic N) is 1. The fourth-order valence-electron chi connectivity index (χ4n) is 0.804. The van der Waals surface area contributed by atoms with Gasteiger partial charge in [0.1, 0.15) is 0 Å². The van der Waals surface area contributed by atoms with E-state index in [1.807, 2.05) is 0 Å². The van der Waals surface area contributed by atoms with Crippen LogP contribution >= 0.6 is 0 Å². The molecule has 6 heteroatoms. The fourth-order valence-corrected chi connectivity index (χ4v) is 0.804. The van der Waals surface area contributed by atoms with Crippen molar-refractivity contribution in [2.45, 2.75) is 6.18 Å². The highest BCUT2D eigenvalue weighted by molar-refractivity contribution is 5.48. The third kappa shape index (κ3) is 2.01. The quantitative estimate of drug-likeness (QED) is 0.736. The molecule has 0 aliphatic rings. The molecular weight excluding hydrogens is 185 g/mol. The third-order valence-corrected chi connectivity index (χ3v) is 1.42. The van der Waals surface area contributed by atoms with Gasteiger partial charge >= 0.3 is 6.18 Å². The first-order valence-electron chi connectivity index (χ1n) is 3.32. The predicted octanol–water partition coefficient (Wildman–Crippen LogP) is 1.69. The molecule has 1 aromatic rings. The SMILES string of the molecule is COc1cc(C(F)(F)F)c(N)cn1. The smallest absolute Gasteiger partial charge is 0.418 e. The molecule has 0 spiro atoms. The first-order chi connectivity index (χ1) is 5.95. The van der Waals surface area contributed by atoms with E-state index in [0.717, 1.165) is 12.3 Å². The molecule has 0 atom stereocenters. The minimum absolute atomic E-state index is 0.110. The largest absolute Gasteiger partial charge is 0.481 e. The van der Waals surface area contributed by atoms with E-state index >= 15 is 0 Å². The van der Waals surface area contributed by atoms with Crippen LogP contribution in [-0.2, 0) is 6.18 Å². The molecule has 1 heterocycles. The van der Waals surface area contributed by atoms with Crippen molar-refractivity contribution in [1.29, 1.82) is 0 Å². The molecule has 1 rings (SSSR count). The van der Waals surface area contributed by atoms with E-state index in [-0.39, 0.29) is 5.88 Å². The number of anilines is 1. The van der Waals surface area contributed by atoms with Crippen molar-refractivity contribution in [2.75, 3.05) is 12.8 Å². The summed E-state index contributed by atoms with van der Waals surface area (Å²) in [5.74, 6) is -0.110. The van der Waals surface area contributed by atoms with Gasteiger partial charge in [-0.2, -0.15) is 13.2 Å². The Labute approximate surface area is 72.3 Å². The molecule has 2 N–H and O–H groups in total. The highest BCUT2D eigenvalue weighted by atomic mass is 19.4. The number of hydrogen-bond acceptors (Lipinski definition) is 3. The van der Waals surface area contributed by atoms with E-state index in [1.165, 1.54) is 7.11 Å². The molecule has 3 nitrogen and oxygen atoms in total. The average Bonchev–Trinajstić information content (AvgIpc) is 2.03. The number of rotatable bonds is 1. The van der Waals surface area contributed by atoms with Crippen LogP contribution in [0.4, 0.5) is 18.9 Å². The van der Waals surface area contributed by atoms with Crippen LogP contribution in [0.3, 0.4) is 0 Å². The van der Waals surface area contributed by atoms with E-state index in [2.05, 4.69) is 9.72 Å². The van der Waals surface area contributed by atoms with Crippen molar-refractivity contribution in [3.8, 4) is 5.88 Å². The standard InChI is InChI=1S/C7H7F3N2O/c1-13-6-2-4(7(8,9)10)5(11)3-12-6/h2-3H,11H2,1H3. The zero-order valence-corrected chi connectivity index (χ0v) is 6.72. The summed E-state index contributed by atoms with van der Waals surface area (Å²) < 4.78 is 41.1. The summed E-state index contributed by atoms with van der Waals surface area (Å²) in [4.78, 5) is 3.52. The molecule has 72 valence electrons. The number of hydrogen-bond donors (Lipinski definition) is 1. The van der Waals surface area contributed by atoms with Crippen LogP contribution in [0.25, 0.3) is 0 Å². The second-order valence-corrected chi connectivity index (χ2v) is 2.31. The lowest BCUT2D eigenvalue weighted by Crippen LogP contribution is -2.09. The van der Waals surface area contributed by atoms with Gasteiger partial charge in [0.15, 0.2) is 0 Å². The maximum atomic E-state index is 12.2. The first-order valence-corrected chi connectivity index (χ1v) is 3.32. The van der Waals surface area contributed by atoms with Gasteiger partial charge in [0, 0.05) is 6.07 Å². The van der Waals surface area contributed by atoms with E-state index < -0.39 is 17.4 Å². The van der Waals surface area contributed by atoms with Crippen molar-refractivity contribution < 1.29 is 17.9 Å². The Morgan fingerprint density at radius 1 is 1.46 bits per heavy atom. The number of pyridine rings is 1. The minimum atomic E-state index is -4.47. The molecule has 0 aromatic carbocycles. The molecule has 0 unspecified atom stereocenters. The van der Waals surface area contributed by atoms with Crippen LogP contribution in [-0.4, -0.2) is 12.1 Å². The van der Waals surface area contributed by atoms with Crippen LogP contribution in [0.5, 0.6) is 5.88 Å². The lowest BCUT2D eigenvalue weighted by atomic mass is 10.2. The summed E-state index contributed by atoms with van der Waals surface area (Å²) in [5, 5.41) is 0. The maximum absolute atomic E-state index is 12.2. The van der Waals surface area contributed by atoms with E-state index in [4.69, 9.17) is 5.73 Å². The van der Waals surface area contributed by atoms with E-state index in [9.17, 15) is 13.2 Å². The van der Waals surface area contributed by atoms with Gasteiger partial charge in [0.25, 0.3) is 0 Å². The van der Waals surface area contributed by atoms with Gasteiger partial charge in [0.05, 0.1) is 24.6 Å². The summed E-state index contributed by atoms with van der Waals surface area (Å²) in [6.07, 6.45) is -3.55. The Morgan fingerprint density at radius 3 is 2.54 bits per heavy atom. The zero-order chi connectivity index (χ0) is 10.1. The Hall–Kier alpha value is -1.46. The Kier molecular flexibility index (Phi) is 2.31. The topological polar surface area (TPSA) is 48.1 Å². The van der Waals surface area contributed by atoms with Crippen molar-refractivity contribution in [3.05, 3.63) is 17.8 Å². The van der Waals surface area contributed by atoms with Crippen LogP contribution in [0, 0.1) is 0 Å². The van der Waals surface area contributed by atoms with Crippen LogP contribution in [0.1, 0.15) is 5.56 Å². The van der Waals surface area contributed by atoms with Crippen LogP contribution in [0.15, 0.2) is 12.3 Å². The Morgan fingerprint density at radius 2 is 2.08 bits per heavy atom. The first kappa shape index (κ1) is 9.63. The molecule has 0 saturated carbocycles. The molecule has 0 aliphatic heterocycles. The molecule has 0 bridgehead atoms. The van der Waals surface area contributed by atoms with Crippen LogP contribution in [0.2, 0.25) is 0 Å². The predicted molar refractivity (Wildman–Crippen MR) is 40.2 cm³/mol. The lowest BCUT2D eigenvalue weighted by molar-refractivity contribution is -0.137. The Balaban J connectivity index is 3.19. The van der Waals surface area contributed by atoms with Crippen LogP contribution < -0.4 is 10.5 Å². The van der Waals surface area contributed by atoms with Gasteiger partial charge in [-0.1, -0.05) is 0 Å². The van der Waals surface area contributed by atoms with Gasteiger partial charge in [-0.3, -0.25) is 0 Å². The Bertz CT molecular complexity index is 311. The highest BCUT2D eigenvalue weighted by Crippen LogP contribution is 2.34. The lowest BCUT2D eigenvalue weighted by Gasteiger charge is -2.09. The summed E-state index contributed by atoms with van der Waals surface area (Å²) in [6.45, 7) is 0. The highest BCUT2D eigenvalue weighted by Gasteiger charge is 2.33. The second-order valence-electron chi connectivity index (χ2n) is 2.31. The number of ether oxygens (including phenoxy) is 1. The van der Waals surface area contributed by atoms with Crippen molar-refractivity contribution in [1.82, 2.24) is 4.98 Å². The molecule has 0 amide bonds. The molecule has 1 aromatic heterocycles. The number of nitrogen functional groups attached to an aromatic ring is 1. The molecule has 0 saturated heterocycles. The summed E-state index contributed by atoms with van der Waals surface area (Å²) in [7, 11) is 1.23. The van der Waals surface area contributed by atoms with Crippen molar-refractivity contribution >= 4 is 5.69 Å². The molecule has 0 fully saturated rings. The minimum Gasteiger partial charge on any atom is -0.481 e. The summed E-state index contributed by atoms with van der Waals surface area (Å²) in [5.41, 5.74) is 3.75. The fraction of sp³-hybridized carbons (Fsp3) is 0.286. The van der Waals surface area contributed by atoms with Crippen molar-refractivity contribution in [2.24, 2.45) is 0 Å². The number of aromatic nitrogens is 1. The third-order valence-electron chi connectivity index (χ3n) is 1.42. The second kappa shape index (κ2) is 3.12. The molecule has 0 radical (unpaired) electrons. The normalized spacial score (nSPS) is 11.4. The van der Waals surface area contributed by atoms with Gasteiger partial charge in [0.2, 0.25) is 5.88 Å². The van der Waals surface area contributed by atoms with Crippen molar-refractivity contribution in [3.63, 3.8) is 0 Å². The zero-order valence-electron chi connectivity index (χ0n) is 6.72. The molecule has 0 aliphatic carbocycles. The van der Waals surface area contributed by atoms with Gasteiger partial charge in [-0.25, -0.2) is 4.98 Å². The molecular formula is C7H7F3N2O. The van der Waals surface area contributed by atoms with Gasteiger partial charge in [-0.15, -0.1) is 0 Å². The molecule has 13 heavy (non-hydrogen) atoms. The monoisotopic (exact) mass is 192 g/mol. The van der Waals surface area contributed by atoms with Gasteiger partial charge in [-0.05, 0) is 0 Å². The number of alkyl halides is 3. The van der Waals surface area contributed by atoms with E-state index in [0.29, 0.717) is 0 Å². The maximum Gasteiger partial charge on any atom is 0.418 e. The summed E-state index contributed by atoms with van der Waals surface area (Å²) in [6, 6.07) is 0.759. The number of halogens is 3. The van der Waals surface area contributed by atoms with E-state index in [1.54, 1.807) is 0 Å². The summed E-state index contributed by atoms with van der Waals surface area (Å²) >= 11 is 0.